The number of imide groups is 1. The van der Waals surface area contributed by atoms with Crippen LogP contribution < -0.4 is 0 Å². The molecule has 0 atom stereocenters. The normalized spacial score (nSPS) is 17.2. The summed E-state index contributed by atoms with van der Waals surface area (Å²) < 4.78 is 27.2. The second-order valence-electron chi connectivity index (χ2n) is 9.20. The largest absolute Gasteiger partial charge is 0.380 e. The zero-order valence-corrected chi connectivity index (χ0v) is 19.2. The van der Waals surface area contributed by atoms with Crippen molar-refractivity contribution in [3.05, 3.63) is 107 Å². The van der Waals surface area contributed by atoms with Gasteiger partial charge >= 0.3 is 0 Å². The predicted octanol–water partition coefficient (Wildman–Crippen LogP) is 4.21. The number of halogens is 2. The molecule has 35 heavy (non-hydrogen) atoms. The number of amides is 2. The zero-order chi connectivity index (χ0) is 24.6. The van der Waals surface area contributed by atoms with Gasteiger partial charge in [-0.15, -0.1) is 0 Å². The number of nitrogens with zero attached hydrogens (tertiary/aromatic N) is 2. The number of benzene rings is 3. The van der Waals surface area contributed by atoms with Gasteiger partial charge in [0.25, 0.3) is 11.8 Å². The highest BCUT2D eigenvalue weighted by Gasteiger charge is 2.42. The first-order chi connectivity index (χ1) is 16.9. The second-order valence-corrected chi connectivity index (χ2v) is 9.20. The minimum absolute atomic E-state index is 0.172. The molecule has 0 radical (unpaired) electrons. The lowest BCUT2D eigenvalue weighted by molar-refractivity contribution is -0.0147. The van der Waals surface area contributed by atoms with Gasteiger partial charge in [0, 0.05) is 13.1 Å². The van der Waals surface area contributed by atoms with E-state index in [4.69, 9.17) is 0 Å². The van der Waals surface area contributed by atoms with Crippen LogP contribution in [0.3, 0.4) is 0 Å². The number of rotatable bonds is 6. The average Bonchev–Trinajstić information content (AvgIpc) is 3.13. The third-order valence-corrected chi connectivity index (χ3v) is 7.27. The van der Waals surface area contributed by atoms with E-state index in [0.29, 0.717) is 61.3 Å². The molecule has 3 aromatic carbocycles. The van der Waals surface area contributed by atoms with Crippen molar-refractivity contribution in [2.24, 2.45) is 5.92 Å². The van der Waals surface area contributed by atoms with Crippen molar-refractivity contribution in [3.63, 3.8) is 0 Å². The monoisotopic (exact) mass is 476 g/mol. The molecule has 1 fully saturated rings. The molecule has 2 amide bonds. The molecule has 0 spiro atoms. The van der Waals surface area contributed by atoms with Crippen molar-refractivity contribution in [2.75, 3.05) is 26.2 Å². The molecule has 0 unspecified atom stereocenters. The van der Waals surface area contributed by atoms with Crippen molar-refractivity contribution in [1.82, 2.24) is 9.80 Å². The van der Waals surface area contributed by atoms with Gasteiger partial charge in [-0.3, -0.25) is 14.5 Å². The van der Waals surface area contributed by atoms with Crippen LogP contribution in [0.15, 0.2) is 72.8 Å². The molecule has 0 aromatic heterocycles. The van der Waals surface area contributed by atoms with Crippen LogP contribution in [-0.2, 0) is 5.60 Å². The van der Waals surface area contributed by atoms with Gasteiger partial charge in [0.1, 0.15) is 17.2 Å². The van der Waals surface area contributed by atoms with E-state index in [1.807, 2.05) is 0 Å². The zero-order valence-electron chi connectivity index (χ0n) is 19.2. The molecule has 3 aromatic rings. The van der Waals surface area contributed by atoms with E-state index in [9.17, 15) is 23.5 Å². The van der Waals surface area contributed by atoms with Gasteiger partial charge in [-0.25, -0.2) is 8.78 Å². The summed E-state index contributed by atoms with van der Waals surface area (Å²) in [5.41, 5.74) is 0.625. The Morgan fingerprint density at radius 1 is 0.743 bits per heavy atom. The van der Waals surface area contributed by atoms with Crippen LogP contribution in [0.1, 0.15) is 44.7 Å². The number of likely N-dealkylation sites (tertiary alicyclic amines) is 1. The number of hydrogen-bond acceptors (Lipinski definition) is 4. The van der Waals surface area contributed by atoms with E-state index in [2.05, 4.69) is 4.90 Å². The topological polar surface area (TPSA) is 60.9 Å². The summed E-state index contributed by atoms with van der Waals surface area (Å²) in [5.74, 6) is -1.48. The van der Waals surface area contributed by atoms with Crippen LogP contribution in [0.4, 0.5) is 8.78 Å². The third-order valence-electron chi connectivity index (χ3n) is 7.27. The molecule has 180 valence electrons. The second kappa shape index (κ2) is 9.32. The van der Waals surface area contributed by atoms with Crippen molar-refractivity contribution in [1.29, 1.82) is 0 Å². The van der Waals surface area contributed by atoms with E-state index in [0.717, 1.165) is 0 Å². The summed E-state index contributed by atoms with van der Waals surface area (Å²) in [5, 5.41) is 12.0. The lowest BCUT2D eigenvalue weighted by Gasteiger charge is -2.42. The molecular formula is C28H26F2N2O3. The number of carbonyl (C=O) groups excluding carboxylic acids is 2. The highest BCUT2D eigenvalue weighted by atomic mass is 19.1. The van der Waals surface area contributed by atoms with Gasteiger partial charge < -0.3 is 10.0 Å². The molecule has 0 bridgehead atoms. The fraction of sp³-hybridized carbons (Fsp3) is 0.286. The first-order valence-electron chi connectivity index (χ1n) is 11.8. The highest BCUT2D eigenvalue weighted by molar-refractivity contribution is 6.21. The Bertz CT molecular complexity index is 1160. The summed E-state index contributed by atoms with van der Waals surface area (Å²) in [6.07, 6.45) is 1.29. The number of aliphatic hydroxyl groups is 1. The highest BCUT2D eigenvalue weighted by Crippen LogP contribution is 2.42. The van der Waals surface area contributed by atoms with Crippen molar-refractivity contribution < 1.29 is 23.5 Å². The maximum Gasteiger partial charge on any atom is 0.261 e. The summed E-state index contributed by atoms with van der Waals surface area (Å²) in [7, 11) is 0. The van der Waals surface area contributed by atoms with Gasteiger partial charge in [-0.2, -0.15) is 0 Å². The number of piperidine rings is 1. The summed E-state index contributed by atoms with van der Waals surface area (Å²) in [6, 6.07) is 18.4. The Balaban J connectivity index is 1.28. The van der Waals surface area contributed by atoms with Gasteiger partial charge in [0.15, 0.2) is 0 Å². The molecular weight excluding hydrogens is 450 g/mol. The van der Waals surface area contributed by atoms with Crippen molar-refractivity contribution >= 4 is 11.8 Å². The van der Waals surface area contributed by atoms with E-state index >= 15 is 0 Å². The average molecular weight is 477 g/mol. The molecule has 7 heteroatoms. The van der Waals surface area contributed by atoms with E-state index in [-0.39, 0.29) is 17.7 Å². The van der Waals surface area contributed by atoms with Crippen LogP contribution in [0, 0.1) is 17.6 Å². The first kappa shape index (κ1) is 23.3. The SMILES string of the molecule is O=C1c2ccccc2C(=O)N1CCN1CCC(C(O)(c2ccc(F)cc2)c2ccc(F)cc2)CC1. The molecule has 1 saturated heterocycles. The molecule has 2 aliphatic heterocycles. The lowest BCUT2D eigenvalue weighted by Crippen LogP contribution is -2.46. The van der Waals surface area contributed by atoms with Crippen LogP contribution in [0.5, 0.6) is 0 Å². The van der Waals surface area contributed by atoms with Crippen LogP contribution in [-0.4, -0.2) is 52.9 Å². The first-order valence-corrected chi connectivity index (χ1v) is 11.8. The Morgan fingerprint density at radius 3 is 1.66 bits per heavy atom. The summed E-state index contributed by atoms with van der Waals surface area (Å²) >= 11 is 0. The quantitative estimate of drug-likeness (QED) is 0.542. The Kier molecular flexibility index (Phi) is 6.21. The maximum absolute atomic E-state index is 13.6. The molecule has 2 aliphatic rings. The van der Waals surface area contributed by atoms with E-state index < -0.39 is 17.2 Å². The van der Waals surface area contributed by atoms with Gasteiger partial charge in [0.2, 0.25) is 0 Å². The summed E-state index contributed by atoms with van der Waals surface area (Å²) in [4.78, 5) is 28.7. The molecule has 2 heterocycles. The molecule has 0 aliphatic carbocycles. The predicted molar refractivity (Wildman–Crippen MR) is 127 cm³/mol. The minimum Gasteiger partial charge on any atom is -0.380 e. The number of fused-ring (bicyclic) bond motifs is 1. The van der Waals surface area contributed by atoms with Crippen molar-refractivity contribution in [3.8, 4) is 0 Å². The third kappa shape index (κ3) is 4.26. The van der Waals surface area contributed by atoms with Crippen molar-refractivity contribution in [2.45, 2.75) is 18.4 Å². The standard InChI is InChI=1S/C28H26F2N2O3/c29-22-9-5-19(6-10-22)28(35,20-7-11-23(30)12-8-20)21-13-15-31(16-14-21)17-18-32-26(33)24-3-1-2-4-25(24)27(32)34/h1-12,21,35H,13-18H2. The fourth-order valence-electron chi connectivity index (χ4n) is 5.30. The Hall–Kier alpha value is -3.42. The molecule has 5 nitrogen and oxygen atoms in total. The lowest BCUT2D eigenvalue weighted by atomic mass is 9.72. The van der Waals surface area contributed by atoms with Gasteiger partial charge in [0.05, 0.1) is 11.1 Å². The molecule has 0 saturated carbocycles. The number of hydrogen-bond donors (Lipinski definition) is 1. The Labute approximate surface area is 202 Å². The smallest absolute Gasteiger partial charge is 0.261 e. The fourth-order valence-corrected chi connectivity index (χ4v) is 5.30. The maximum atomic E-state index is 13.6. The minimum atomic E-state index is -1.39. The van der Waals surface area contributed by atoms with Gasteiger partial charge in [-0.1, -0.05) is 36.4 Å². The summed E-state index contributed by atoms with van der Waals surface area (Å²) in [6.45, 7) is 2.18. The van der Waals surface area contributed by atoms with E-state index in [1.54, 1.807) is 48.5 Å². The molecule has 5 rings (SSSR count). The molecule has 1 N–H and O–H groups in total. The van der Waals surface area contributed by atoms with Crippen LogP contribution >= 0.6 is 0 Å². The van der Waals surface area contributed by atoms with Gasteiger partial charge in [-0.05, 0) is 79.4 Å². The Morgan fingerprint density at radius 2 is 1.20 bits per heavy atom. The van der Waals surface area contributed by atoms with E-state index in [1.165, 1.54) is 29.2 Å². The van der Waals surface area contributed by atoms with Crippen LogP contribution in [0.25, 0.3) is 0 Å². The van der Waals surface area contributed by atoms with Crippen LogP contribution in [0.2, 0.25) is 0 Å². The number of carbonyl (C=O) groups is 2.